The molecule has 0 aromatic carbocycles. The van der Waals surface area contributed by atoms with Crippen LogP contribution in [0.15, 0.2) is 24.5 Å². The van der Waals surface area contributed by atoms with E-state index < -0.39 is 0 Å². The summed E-state index contributed by atoms with van der Waals surface area (Å²) < 4.78 is 0. The van der Waals surface area contributed by atoms with Gasteiger partial charge in [-0.1, -0.05) is 26.8 Å². The molecule has 16 heavy (non-hydrogen) atoms. The summed E-state index contributed by atoms with van der Waals surface area (Å²) in [5, 5.41) is 1.01. The van der Waals surface area contributed by atoms with Gasteiger partial charge in [-0.25, -0.2) is 0 Å². The highest BCUT2D eigenvalue weighted by Gasteiger charge is 2.21. The van der Waals surface area contributed by atoms with Gasteiger partial charge < -0.3 is 5.73 Å². The quantitative estimate of drug-likeness (QED) is 0.825. The number of nitrogens with zero attached hydrogens (tertiary/aromatic N) is 1. The van der Waals surface area contributed by atoms with Gasteiger partial charge in [0.15, 0.2) is 0 Å². The van der Waals surface area contributed by atoms with Crippen LogP contribution in [0.3, 0.4) is 0 Å². The molecule has 0 radical (unpaired) electrons. The van der Waals surface area contributed by atoms with Crippen LogP contribution in [0.4, 0.5) is 0 Å². The summed E-state index contributed by atoms with van der Waals surface area (Å²) in [5.74, 6) is 0. The van der Waals surface area contributed by atoms with Crippen molar-refractivity contribution in [3.8, 4) is 0 Å². The van der Waals surface area contributed by atoms with Crippen molar-refractivity contribution in [1.82, 2.24) is 4.98 Å². The maximum absolute atomic E-state index is 6.20. The molecule has 0 aliphatic carbocycles. The lowest BCUT2D eigenvalue weighted by molar-refractivity contribution is 0.630. The van der Waals surface area contributed by atoms with E-state index in [1.165, 1.54) is 12.0 Å². The van der Waals surface area contributed by atoms with Gasteiger partial charge in [0, 0.05) is 28.9 Å². The Morgan fingerprint density at radius 2 is 2.12 bits per heavy atom. The van der Waals surface area contributed by atoms with Gasteiger partial charge in [-0.3, -0.25) is 4.98 Å². The van der Waals surface area contributed by atoms with Crippen molar-refractivity contribution in [1.29, 1.82) is 0 Å². The first-order chi connectivity index (χ1) is 7.69. The molecule has 1 aromatic rings. The van der Waals surface area contributed by atoms with Crippen LogP contribution in [-0.2, 0) is 0 Å². The van der Waals surface area contributed by atoms with E-state index in [0.29, 0.717) is 10.5 Å². The predicted molar refractivity (Wildman–Crippen MR) is 72.6 cm³/mol. The van der Waals surface area contributed by atoms with Crippen LogP contribution < -0.4 is 5.73 Å². The van der Waals surface area contributed by atoms with E-state index in [-0.39, 0.29) is 6.04 Å². The van der Waals surface area contributed by atoms with Gasteiger partial charge in [0.2, 0.25) is 0 Å². The number of rotatable bonds is 6. The summed E-state index contributed by atoms with van der Waals surface area (Å²) in [7, 11) is 0. The lowest BCUT2D eigenvalue weighted by atomic mass is 10.1. The van der Waals surface area contributed by atoms with E-state index in [4.69, 9.17) is 5.73 Å². The molecule has 2 N–H and O–H groups in total. The van der Waals surface area contributed by atoms with Gasteiger partial charge in [0.1, 0.15) is 0 Å². The molecule has 3 heteroatoms. The summed E-state index contributed by atoms with van der Waals surface area (Å²) in [5.41, 5.74) is 7.46. The number of nitrogens with two attached hydrogens (primary N) is 1. The SMILES string of the molecule is CCC(C)SC(c1cccnc1)C(N)CC. The minimum absolute atomic E-state index is 0.211. The second-order valence-corrected chi connectivity index (χ2v) is 5.72. The minimum atomic E-state index is 0.211. The summed E-state index contributed by atoms with van der Waals surface area (Å²) in [6, 6.07) is 4.33. The Morgan fingerprint density at radius 3 is 2.62 bits per heavy atom. The number of thioether (sulfide) groups is 1. The van der Waals surface area contributed by atoms with Crippen LogP contribution >= 0.6 is 11.8 Å². The molecule has 1 heterocycles. The predicted octanol–water partition coefficient (Wildman–Crippen LogP) is 3.39. The van der Waals surface area contributed by atoms with Gasteiger partial charge >= 0.3 is 0 Å². The zero-order valence-electron chi connectivity index (χ0n) is 10.4. The van der Waals surface area contributed by atoms with Crippen LogP contribution in [-0.4, -0.2) is 16.3 Å². The van der Waals surface area contributed by atoms with Crippen molar-refractivity contribution in [3.63, 3.8) is 0 Å². The third kappa shape index (κ3) is 3.80. The summed E-state index contributed by atoms with van der Waals surface area (Å²) in [4.78, 5) is 4.19. The molecular weight excluding hydrogens is 216 g/mol. The van der Waals surface area contributed by atoms with Crippen molar-refractivity contribution in [2.45, 2.75) is 50.2 Å². The maximum atomic E-state index is 6.20. The summed E-state index contributed by atoms with van der Waals surface area (Å²) >= 11 is 1.97. The fourth-order valence-corrected chi connectivity index (χ4v) is 2.92. The smallest absolute Gasteiger partial charge is 0.0466 e. The summed E-state index contributed by atoms with van der Waals surface area (Å²) in [6.07, 6.45) is 5.93. The van der Waals surface area contributed by atoms with Gasteiger partial charge in [0.25, 0.3) is 0 Å². The molecule has 0 aliphatic rings. The monoisotopic (exact) mass is 238 g/mol. The Bertz CT molecular complexity index is 289. The standard InChI is InChI=1S/C13H22N2S/c1-4-10(3)16-13(12(14)5-2)11-7-6-8-15-9-11/h6-10,12-13H,4-5,14H2,1-3H3. The molecule has 0 fully saturated rings. The highest BCUT2D eigenvalue weighted by molar-refractivity contribution is 8.00. The maximum Gasteiger partial charge on any atom is 0.0466 e. The van der Waals surface area contributed by atoms with Crippen LogP contribution in [0.25, 0.3) is 0 Å². The van der Waals surface area contributed by atoms with E-state index >= 15 is 0 Å². The molecule has 0 bridgehead atoms. The van der Waals surface area contributed by atoms with Gasteiger partial charge in [-0.05, 0) is 24.5 Å². The van der Waals surface area contributed by atoms with Crippen LogP contribution in [0, 0.1) is 0 Å². The van der Waals surface area contributed by atoms with E-state index in [9.17, 15) is 0 Å². The van der Waals surface area contributed by atoms with Crippen molar-refractivity contribution in [2.75, 3.05) is 0 Å². The van der Waals surface area contributed by atoms with E-state index in [1.54, 1.807) is 0 Å². The molecular formula is C13H22N2S. The first-order valence-electron chi connectivity index (χ1n) is 6.00. The highest BCUT2D eigenvalue weighted by Crippen LogP contribution is 2.35. The fraction of sp³-hybridized carbons (Fsp3) is 0.615. The molecule has 1 rings (SSSR count). The third-order valence-corrected chi connectivity index (χ3v) is 4.54. The Hall–Kier alpha value is -0.540. The Kier molecular flexibility index (Phi) is 5.85. The topological polar surface area (TPSA) is 38.9 Å². The zero-order valence-corrected chi connectivity index (χ0v) is 11.2. The first-order valence-corrected chi connectivity index (χ1v) is 6.94. The number of hydrogen-bond acceptors (Lipinski definition) is 3. The summed E-state index contributed by atoms with van der Waals surface area (Å²) in [6.45, 7) is 6.62. The van der Waals surface area contributed by atoms with Gasteiger partial charge in [-0.15, -0.1) is 11.8 Å². The molecule has 0 spiro atoms. The third-order valence-electron chi connectivity index (χ3n) is 2.83. The van der Waals surface area contributed by atoms with E-state index in [1.807, 2.05) is 30.2 Å². The normalized spacial score (nSPS) is 16.8. The molecule has 3 unspecified atom stereocenters. The molecule has 3 atom stereocenters. The van der Waals surface area contributed by atoms with Crippen molar-refractivity contribution in [2.24, 2.45) is 5.73 Å². The van der Waals surface area contributed by atoms with Crippen molar-refractivity contribution in [3.05, 3.63) is 30.1 Å². The number of hydrogen-bond donors (Lipinski definition) is 1. The lowest BCUT2D eigenvalue weighted by Crippen LogP contribution is -2.26. The second kappa shape index (κ2) is 6.92. The number of pyridine rings is 1. The zero-order chi connectivity index (χ0) is 12.0. The van der Waals surface area contributed by atoms with Gasteiger partial charge in [-0.2, -0.15) is 0 Å². The minimum Gasteiger partial charge on any atom is -0.326 e. The average molecular weight is 238 g/mol. The first kappa shape index (κ1) is 13.5. The Labute approximate surface area is 103 Å². The van der Waals surface area contributed by atoms with E-state index in [0.717, 1.165) is 6.42 Å². The molecule has 0 saturated carbocycles. The fourth-order valence-electron chi connectivity index (χ4n) is 1.53. The second-order valence-electron chi connectivity index (χ2n) is 4.13. The largest absolute Gasteiger partial charge is 0.326 e. The van der Waals surface area contributed by atoms with E-state index in [2.05, 4.69) is 31.8 Å². The molecule has 90 valence electrons. The van der Waals surface area contributed by atoms with Crippen molar-refractivity contribution >= 4 is 11.8 Å². The van der Waals surface area contributed by atoms with Crippen LogP contribution in [0.2, 0.25) is 0 Å². The molecule has 2 nitrogen and oxygen atoms in total. The molecule has 0 aliphatic heterocycles. The Morgan fingerprint density at radius 1 is 1.38 bits per heavy atom. The molecule has 0 saturated heterocycles. The molecule has 0 amide bonds. The average Bonchev–Trinajstić information content (AvgIpc) is 2.35. The van der Waals surface area contributed by atoms with Crippen LogP contribution in [0.1, 0.15) is 44.4 Å². The lowest BCUT2D eigenvalue weighted by Gasteiger charge is -2.25. The number of aromatic nitrogens is 1. The van der Waals surface area contributed by atoms with Crippen LogP contribution in [0.5, 0.6) is 0 Å². The Balaban J connectivity index is 2.79. The van der Waals surface area contributed by atoms with Gasteiger partial charge in [0.05, 0.1) is 0 Å². The molecule has 1 aromatic heterocycles. The highest BCUT2D eigenvalue weighted by atomic mass is 32.2. The van der Waals surface area contributed by atoms with Crippen molar-refractivity contribution < 1.29 is 0 Å².